The van der Waals surface area contributed by atoms with Crippen molar-refractivity contribution in [2.45, 2.75) is 6.30 Å². The van der Waals surface area contributed by atoms with Gasteiger partial charge in [0.2, 0.25) is 0 Å². The van der Waals surface area contributed by atoms with Crippen molar-refractivity contribution in [1.82, 2.24) is 16.2 Å². The van der Waals surface area contributed by atoms with Crippen molar-refractivity contribution < 1.29 is 13.2 Å². The Morgan fingerprint density at radius 2 is 1.90 bits per heavy atom. The van der Waals surface area contributed by atoms with Crippen LogP contribution < -0.4 is 16.2 Å². The van der Waals surface area contributed by atoms with Gasteiger partial charge >= 0.3 is 6.30 Å². The van der Waals surface area contributed by atoms with Crippen LogP contribution in [0.3, 0.4) is 0 Å². The van der Waals surface area contributed by atoms with E-state index in [2.05, 4.69) is 17.5 Å². The van der Waals surface area contributed by atoms with Gasteiger partial charge in [-0.15, -0.1) is 5.43 Å². The van der Waals surface area contributed by atoms with Gasteiger partial charge in [0.25, 0.3) is 0 Å². The SMILES string of the molecule is CNC(=S)NNC(F)(F)F. The Balaban J connectivity index is 3.46. The molecule has 0 fully saturated rings. The van der Waals surface area contributed by atoms with Crippen molar-refractivity contribution in [2.24, 2.45) is 0 Å². The lowest BCUT2D eigenvalue weighted by atomic mass is 11.0. The molecule has 0 radical (unpaired) electrons. The number of hydrazine groups is 1. The zero-order valence-corrected chi connectivity index (χ0v) is 5.86. The number of hydrogen-bond donors (Lipinski definition) is 3. The lowest BCUT2D eigenvalue weighted by Gasteiger charge is -2.10. The van der Waals surface area contributed by atoms with Gasteiger partial charge in [-0.05, 0) is 12.2 Å². The fraction of sp³-hybridized carbons (Fsp3) is 0.667. The number of thiocarbonyl (C=S) groups is 1. The van der Waals surface area contributed by atoms with E-state index in [0.717, 1.165) is 5.43 Å². The van der Waals surface area contributed by atoms with Gasteiger partial charge in [0, 0.05) is 7.05 Å². The number of nitrogens with one attached hydrogen (secondary N) is 3. The van der Waals surface area contributed by atoms with Crippen LogP contribution in [0.25, 0.3) is 0 Å². The van der Waals surface area contributed by atoms with E-state index in [1.165, 1.54) is 7.05 Å². The highest BCUT2D eigenvalue weighted by Gasteiger charge is 2.26. The highest BCUT2D eigenvalue weighted by molar-refractivity contribution is 7.80. The highest BCUT2D eigenvalue weighted by atomic mass is 32.1. The second kappa shape index (κ2) is 3.57. The van der Waals surface area contributed by atoms with Crippen LogP contribution in [0.1, 0.15) is 0 Å². The maximum atomic E-state index is 11.3. The predicted octanol–water partition coefficient (Wildman–Crippen LogP) is 0.105. The largest absolute Gasteiger partial charge is 0.474 e. The summed E-state index contributed by atoms with van der Waals surface area (Å²) in [6.07, 6.45) is -4.46. The summed E-state index contributed by atoms with van der Waals surface area (Å²) in [5.41, 5.74) is 2.74. The van der Waals surface area contributed by atoms with E-state index >= 15 is 0 Å². The minimum absolute atomic E-state index is 0.114. The second-order valence-corrected chi connectivity index (χ2v) is 1.74. The zero-order valence-electron chi connectivity index (χ0n) is 5.04. The second-order valence-electron chi connectivity index (χ2n) is 1.33. The molecule has 0 saturated carbocycles. The molecule has 3 N–H and O–H groups in total. The van der Waals surface area contributed by atoms with Gasteiger partial charge < -0.3 is 5.32 Å². The van der Waals surface area contributed by atoms with Crippen LogP contribution >= 0.6 is 12.2 Å². The van der Waals surface area contributed by atoms with E-state index in [1.54, 1.807) is 5.43 Å². The lowest BCUT2D eigenvalue weighted by molar-refractivity contribution is -0.162. The molecule has 0 aliphatic heterocycles. The molecule has 7 heteroatoms. The van der Waals surface area contributed by atoms with E-state index in [4.69, 9.17) is 0 Å². The molecule has 0 aromatic rings. The Bertz CT molecular complexity index is 123. The normalized spacial score (nSPS) is 10.8. The van der Waals surface area contributed by atoms with Crippen LogP contribution in [0.15, 0.2) is 0 Å². The summed E-state index contributed by atoms with van der Waals surface area (Å²) in [6.45, 7) is 0. The zero-order chi connectivity index (χ0) is 8.20. The van der Waals surface area contributed by atoms with Crippen molar-refractivity contribution >= 4 is 17.3 Å². The van der Waals surface area contributed by atoms with Gasteiger partial charge in [-0.2, -0.15) is 13.2 Å². The molecule has 0 rings (SSSR count). The van der Waals surface area contributed by atoms with Crippen LogP contribution in [-0.2, 0) is 0 Å². The molecule has 0 unspecified atom stereocenters. The lowest BCUT2D eigenvalue weighted by Crippen LogP contribution is -2.49. The van der Waals surface area contributed by atoms with E-state index in [0.29, 0.717) is 0 Å². The smallest absolute Gasteiger partial charge is 0.365 e. The maximum absolute atomic E-state index is 11.3. The first-order valence-corrected chi connectivity index (χ1v) is 2.68. The summed E-state index contributed by atoms with van der Waals surface area (Å²) in [6, 6.07) is 0. The summed E-state index contributed by atoms with van der Waals surface area (Å²) in [5.74, 6) is 0. The van der Waals surface area contributed by atoms with Crippen LogP contribution in [-0.4, -0.2) is 18.5 Å². The molecule has 0 aliphatic rings. The van der Waals surface area contributed by atoms with Crippen molar-refractivity contribution in [3.05, 3.63) is 0 Å². The third kappa shape index (κ3) is 5.57. The standard InChI is InChI=1S/C3H6F3N3S/c1-7-2(10)8-9-3(4,5)6/h9H,1H3,(H2,7,8,10). The number of rotatable bonds is 1. The van der Waals surface area contributed by atoms with E-state index in [9.17, 15) is 13.2 Å². The molecule has 3 nitrogen and oxygen atoms in total. The summed E-state index contributed by atoms with van der Waals surface area (Å²) in [7, 11) is 1.41. The summed E-state index contributed by atoms with van der Waals surface area (Å²) >= 11 is 4.34. The molecule has 0 heterocycles. The molecular weight excluding hydrogens is 167 g/mol. The fourth-order valence-electron chi connectivity index (χ4n) is 0.190. The van der Waals surface area contributed by atoms with Crippen LogP contribution in [0.2, 0.25) is 0 Å². The minimum atomic E-state index is -4.46. The molecular formula is C3H6F3N3S. The average molecular weight is 173 g/mol. The van der Waals surface area contributed by atoms with Crippen molar-refractivity contribution in [3.63, 3.8) is 0 Å². The summed E-state index contributed by atoms with van der Waals surface area (Å²) < 4.78 is 33.9. The predicted molar refractivity (Wildman–Crippen MR) is 34.0 cm³/mol. The van der Waals surface area contributed by atoms with Crippen LogP contribution in [0.4, 0.5) is 13.2 Å². The van der Waals surface area contributed by atoms with E-state index < -0.39 is 6.30 Å². The Labute approximate surface area is 60.9 Å². The summed E-state index contributed by atoms with van der Waals surface area (Å²) in [5, 5.41) is 2.18. The van der Waals surface area contributed by atoms with Gasteiger partial charge in [-0.1, -0.05) is 0 Å². The molecule has 10 heavy (non-hydrogen) atoms. The molecule has 0 amide bonds. The third-order valence-electron chi connectivity index (χ3n) is 0.545. The minimum Gasteiger partial charge on any atom is -0.365 e. The topological polar surface area (TPSA) is 36.1 Å². The highest BCUT2D eigenvalue weighted by Crippen LogP contribution is 2.06. The van der Waals surface area contributed by atoms with Gasteiger partial charge in [0.05, 0.1) is 0 Å². The van der Waals surface area contributed by atoms with E-state index in [-0.39, 0.29) is 5.11 Å². The number of halogens is 3. The molecule has 0 spiro atoms. The number of alkyl halides is 3. The van der Waals surface area contributed by atoms with Gasteiger partial charge in [0.15, 0.2) is 5.11 Å². The molecule has 0 aliphatic carbocycles. The molecule has 0 saturated heterocycles. The van der Waals surface area contributed by atoms with Gasteiger partial charge in [-0.3, -0.25) is 5.43 Å². The Morgan fingerprint density at radius 3 is 2.20 bits per heavy atom. The van der Waals surface area contributed by atoms with Crippen LogP contribution in [0.5, 0.6) is 0 Å². The molecule has 0 atom stereocenters. The first-order chi connectivity index (χ1) is 4.45. The van der Waals surface area contributed by atoms with Crippen molar-refractivity contribution in [2.75, 3.05) is 7.05 Å². The number of hydrogen-bond acceptors (Lipinski definition) is 2. The molecule has 0 aromatic carbocycles. The first kappa shape index (κ1) is 9.44. The molecule has 0 bridgehead atoms. The molecule has 60 valence electrons. The molecule has 0 aromatic heterocycles. The monoisotopic (exact) mass is 173 g/mol. The quantitative estimate of drug-likeness (QED) is 0.299. The first-order valence-electron chi connectivity index (χ1n) is 2.27. The summed E-state index contributed by atoms with van der Waals surface area (Å²) in [4.78, 5) is 0. The van der Waals surface area contributed by atoms with Crippen LogP contribution in [0, 0.1) is 0 Å². The Morgan fingerprint density at radius 1 is 1.40 bits per heavy atom. The van der Waals surface area contributed by atoms with Gasteiger partial charge in [-0.25, -0.2) is 0 Å². The average Bonchev–Trinajstić information content (AvgIpc) is 1.81. The van der Waals surface area contributed by atoms with E-state index in [1.807, 2.05) is 0 Å². The van der Waals surface area contributed by atoms with Crippen molar-refractivity contribution in [1.29, 1.82) is 0 Å². The van der Waals surface area contributed by atoms with Gasteiger partial charge in [0.1, 0.15) is 0 Å². The maximum Gasteiger partial charge on any atom is 0.474 e. The third-order valence-corrected chi connectivity index (χ3v) is 0.851. The fourth-order valence-corrected chi connectivity index (χ4v) is 0.241. The Kier molecular flexibility index (Phi) is 3.37. The Hall–Kier alpha value is -0.560. The van der Waals surface area contributed by atoms with Crippen molar-refractivity contribution in [3.8, 4) is 0 Å².